The van der Waals surface area contributed by atoms with Crippen LogP contribution in [0.25, 0.3) is 0 Å². The van der Waals surface area contributed by atoms with Gasteiger partial charge in [0.15, 0.2) is 5.11 Å². The summed E-state index contributed by atoms with van der Waals surface area (Å²) >= 11 is 7.19. The van der Waals surface area contributed by atoms with Crippen LogP contribution in [0, 0.1) is 0 Å². The summed E-state index contributed by atoms with van der Waals surface area (Å²) in [7, 11) is 1.69. The maximum absolute atomic E-state index is 5.16. The largest absolute Gasteiger partial charge is 0.383 e. The number of hydrogen-bond donors (Lipinski definition) is 2. The summed E-state index contributed by atoms with van der Waals surface area (Å²) in [5.74, 6) is 2.50. The topological polar surface area (TPSA) is 33.3 Å². The molecular formula is C9H18N2OS2. The van der Waals surface area contributed by atoms with Gasteiger partial charge in [-0.1, -0.05) is 0 Å². The minimum atomic E-state index is 0.568. The van der Waals surface area contributed by atoms with Gasteiger partial charge < -0.3 is 15.4 Å². The Labute approximate surface area is 95.3 Å². The molecular weight excluding hydrogens is 216 g/mol. The third-order valence-corrected chi connectivity index (χ3v) is 3.46. The van der Waals surface area contributed by atoms with E-state index in [1.54, 1.807) is 7.11 Å². The third-order valence-electron chi connectivity index (χ3n) is 2.15. The van der Waals surface area contributed by atoms with Crippen molar-refractivity contribution < 1.29 is 4.74 Å². The lowest BCUT2D eigenvalue weighted by Crippen LogP contribution is -2.44. The van der Waals surface area contributed by atoms with E-state index >= 15 is 0 Å². The summed E-state index contributed by atoms with van der Waals surface area (Å²) in [6, 6.07) is 0.568. The van der Waals surface area contributed by atoms with Crippen LogP contribution in [0.2, 0.25) is 0 Å². The molecule has 82 valence electrons. The lowest BCUT2D eigenvalue weighted by molar-refractivity contribution is 0.204. The molecule has 0 bridgehead atoms. The second kappa shape index (κ2) is 7.31. The van der Waals surface area contributed by atoms with E-state index in [4.69, 9.17) is 17.0 Å². The quantitative estimate of drug-likeness (QED) is 0.560. The molecule has 1 rings (SSSR count). The fourth-order valence-electron chi connectivity index (χ4n) is 1.34. The molecule has 0 spiro atoms. The van der Waals surface area contributed by atoms with Gasteiger partial charge in [0.05, 0.1) is 6.61 Å². The number of ether oxygens (including phenoxy) is 1. The Balaban J connectivity index is 2.06. The number of thiocarbonyl (C=S) groups is 1. The van der Waals surface area contributed by atoms with Crippen molar-refractivity contribution >= 4 is 29.1 Å². The summed E-state index contributed by atoms with van der Waals surface area (Å²) in [6.07, 6.45) is 2.44. The van der Waals surface area contributed by atoms with Gasteiger partial charge in [-0.05, 0) is 36.6 Å². The first-order valence-electron chi connectivity index (χ1n) is 4.94. The zero-order chi connectivity index (χ0) is 10.2. The highest BCUT2D eigenvalue weighted by molar-refractivity contribution is 7.99. The van der Waals surface area contributed by atoms with E-state index in [2.05, 4.69) is 10.6 Å². The number of rotatable bonds is 4. The molecule has 0 amide bonds. The summed E-state index contributed by atoms with van der Waals surface area (Å²) in [6.45, 7) is 1.48. The average Bonchev–Trinajstić information content (AvgIpc) is 2.20. The number of hydrogen-bond acceptors (Lipinski definition) is 3. The van der Waals surface area contributed by atoms with Crippen molar-refractivity contribution in [3.05, 3.63) is 0 Å². The fraction of sp³-hybridized carbons (Fsp3) is 0.889. The first kappa shape index (κ1) is 12.1. The molecule has 0 aromatic rings. The zero-order valence-corrected chi connectivity index (χ0v) is 10.2. The lowest BCUT2D eigenvalue weighted by Gasteiger charge is -2.24. The van der Waals surface area contributed by atoms with Crippen LogP contribution in [0.3, 0.4) is 0 Å². The Morgan fingerprint density at radius 1 is 1.50 bits per heavy atom. The van der Waals surface area contributed by atoms with Crippen molar-refractivity contribution in [3.63, 3.8) is 0 Å². The van der Waals surface area contributed by atoms with Crippen LogP contribution in [-0.4, -0.2) is 42.9 Å². The summed E-state index contributed by atoms with van der Waals surface area (Å²) < 4.78 is 4.93. The van der Waals surface area contributed by atoms with Gasteiger partial charge in [0.25, 0.3) is 0 Å². The molecule has 0 radical (unpaired) electrons. The highest BCUT2D eigenvalue weighted by atomic mass is 32.2. The number of thioether (sulfide) groups is 1. The van der Waals surface area contributed by atoms with E-state index in [1.165, 1.54) is 24.3 Å². The molecule has 0 aromatic heterocycles. The maximum atomic E-state index is 5.16. The molecule has 0 aromatic carbocycles. The second-order valence-corrected chi connectivity index (χ2v) is 4.91. The zero-order valence-electron chi connectivity index (χ0n) is 8.54. The molecule has 1 aliphatic heterocycles. The number of nitrogens with one attached hydrogen (secondary N) is 2. The predicted octanol–water partition coefficient (Wildman–Crippen LogP) is 0.992. The molecule has 1 fully saturated rings. The fourth-order valence-corrected chi connectivity index (χ4v) is 2.72. The van der Waals surface area contributed by atoms with E-state index in [0.717, 1.165) is 11.7 Å². The third kappa shape index (κ3) is 5.02. The molecule has 1 aliphatic rings. The van der Waals surface area contributed by atoms with Gasteiger partial charge >= 0.3 is 0 Å². The van der Waals surface area contributed by atoms with Crippen LogP contribution < -0.4 is 10.6 Å². The number of methoxy groups -OCH3 is 1. The first-order valence-corrected chi connectivity index (χ1v) is 6.50. The Morgan fingerprint density at radius 3 is 2.86 bits per heavy atom. The van der Waals surface area contributed by atoms with Gasteiger partial charge in [-0.25, -0.2) is 0 Å². The average molecular weight is 234 g/mol. The van der Waals surface area contributed by atoms with Crippen molar-refractivity contribution in [1.82, 2.24) is 10.6 Å². The van der Waals surface area contributed by atoms with Crippen LogP contribution in [0.5, 0.6) is 0 Å². The van der Waals surface area contributed by atoms with Gasteiger partial charge in [0.1, 0.15) is 0 Å². The summed E-state index contributed by atoms with van der Waals surface area (Å²) in [5.41, 5.74) is 0. The van der Waals surface area contributed by atoms with Crippen molar-refractivity contribution in [2.24, 2.45) is 0 Å². The smallest absolute Gasteiger partial charge is 0.166 e. The maximum Gasteiger partial charge on any atom is 0.166 e. The van der Waals surface area contributed by atoms with E-state index in [9.17, 15) is 0 Å². The first-order chi connectivity index (χ1) is 6.83. The van der Waals surface area contributed by atoms with Crippen LogP contribution in [0.15, 0.2) is 0 Å². The van der Waals surface area contributed by atoms with E-state index in [1.807, 2.05) is 11.8 Å². The molecule has 3 nitrogen and oxygen atoms in total. The highest BCUT2D eigenvalue weighted by Gasteiger charge is 2.13. The van der Waals surface area contributed by atoms with Crippen molar-refractivity contribution in [2.75, 3.05) is 31.8 Å². The molecule has 0 unspecified atom stereocenters. The van der Waals surface area contributed by atoms with Crippen LogP contribution >= 0.6 is 24.0 Å². The second-order valence-electron chi connectivity index (χ2n) is 3.28. The van der Waals surface area contributed by atoms with Gasteiger partial charge in [-0.3, -0.25) is 0 Å². The minimum Gasteiger partial charge on any atom is -0.383 e. The van der Waals surface area contributed by atoms with E-state index < -0.39 is 0 Å². The molecule has 14 heavy (non-hydrogen) atoms. The van der Waals surface area contributed by atoms with Crippen molar-refractivity contribution in [1.29, 1.82) is 0 Å². The predicted molar refractivity (Wildman–Crippen MR) is 66.0 cm³/mol. The Kier molecular flexibility index (Phi) is 6.31. The van der Waals surface area contributed by atoms with Crippen molar-refractivity contribution in [2.45, 2.75) is 18.9 Å². The molecule has 0 saturated carbocycles. The molecule has 0 atom stereocenters. The van der Waals surface area contributed by atoms with Gasteiger partial charge in [-0.15, -0.1) is 0 Å². The van der Waals surface area contributed by atoms with Gasteiger partial charge in [0.2, 0.25) is 0 Å². The standard InChI is InChI=1S/C9H18N2OS2/c1-12-5-4-10-9(13)11-8-2-6-14-7-3-8/h8H,2-7H2,1H3,(H2,10,11,13). The van der Waals surface area contributed by atoms with Crippen LogP contribution in [0.1, 0.15) is 12.8 Å². The molecule has 0 aliphatic carbocycles. The Hall–Kier alpha value is 0. The molecule has 2 N–H and O–H groups in total. The van der Waals surface area contributed by atoms with E-state index in [-0.39, 0.29) is 0 Å². The lowest BCUT2D eigenvalue weighted by atomic mass is 10.2. The molecule has 5 heteroatoms. The molecule has 1 heterocycles. The normalized spacial score (nSPS) is 17.8. The Bertz CT molecular complexity index is 172. The van der Waals surface area contributed by atoms with Gasteiger partial charge in [0, 0.05) is 19.7 Å². The minimum absolute atomic E-state index is 0.568. The molecule has 1 saturated heterocycles. The SMILES string of the molecule is COCCNC(=S)NC1CCSCC1. The summed E-state index contributed by atoms with van der Waals surface area (Å²) in [4.78, 5) is 0. The highest BCUT2D eigenvalue weighted by Crippen LogP contribution is 2.16. The van der Waals surface area contributed by atoms with Crippen LogP contribution in [0.4, 0.5) is 0 Å². The van der Waals surface area contributed by atoms with Crippen molar-refractivity contribution in [3.8, 4) is 0 Å². The van der Waals surface area contributed by atoms with E-state index in [0.29, 0.717) is 12.6 Å². The van der Waals surface area contributed by atoms with Gasteiger partial charge in [-0.2, -0.15) is 11.8 Å². The monoisotopic (exact) mass is 234 g/mol. The summed E-state index contributed by atoms with van der Waals surface area (Å²) in [5, 5.41) is 7.21. The van der Waals surface area contributed by atoms with Crippen LogP contribution in [-0.2, 0) is 4.74 Å². The Morgan fingerprint density at radius 2 is 2.21 bits per heavy atom.